The van der Waals surface area contributed by atoms with Gasteiger partial charge in [0.15, 0.2) is 5.96 Å². The SMILES string of the molecule is CCCCCCCCCCCCCCCCCCCC(=O)N[C@@H](CCCN=C(N)N)C(=O)OC. The van der Waals surface area contributed by atoms with E-state index in [9.17, 15) is 9.59 Å². The van der Waals surface area contributed by atoms with Crippen molar-refractivity contribution in [3.63, 3.8) is 0 Å². The molecule has 0 aromatic rings. The summed E-state index contributed by atoms with van der Waals surface area (Å²) in [6.07, 6.45) is 23.8. The van der Waals surface area contributed by atoms with Crippen LogP contribution in [0.15, 0.2) is 4.99 Å². The number of ether oxygens (including phenoxy) is 1. The summed E-state index contributed by atoms with van der Waals surface area (Å²) in [5.41, 5.74) is 10.6. The number of hydrogen-bond donors (Lipinski definition) is 3. The zero-order valence-electron chi connectivity index (χ0n) is 22.3. The van der Waals surface area contributed by atoms with Crippen LogP contribution in [-0.4, -0.2) is 37.5 Å². The molecule has 34 heavy (non-hydrogen) atoms. The maximum Gasteiger partial charge on any atom is 0.328 e. The number of aliphatic imine (C=N–C) groups is 1. The molecule has 1 amide bonds. The Balaban J connectivity index is 3.57. The van der Waals surface area contributed by atoms with Gasteiger partial charge in [-0.25, -0.2) is 4.79 Å². The lowest BCUT2D eigenvalue weighted by Gasteiger charge is -2.16. The van der Waals surface area contributed by atoms with Gasteiger partial charge in [-0.3, -0.25) is 9.79 Å². The molecule has 0 bridgehead atoms. The van der Waals surface area contributed by atoms with E-state index in [1.807, 2.05) is 0 Å². The van der Waals surface area contributed by atoms with Gasteiger partial charge in [0.25, 0.3) is 0 Å². The molecule has 7 heteroatoms. The summed E-state index contributed by atoms with van der Waals surface area (Å²) in [6, 6.07) is -0.641. The Morgan fingerprint density at radius 3 is 1.59 bits per heavy atom. The van der Waals surface area contributed by atoms with Crippen LogP contribution in [-0.2, 0) is 14.3 Å². The molecule has 0 spiro atoms. The minimum Gasteiger partial charge on any atom is -0.467 e. The minimum absolute atomic E-state index is 0.0254. The van der Waals surface area contributed by atoms with Crippen LogP contribution in [0, 0.1) is 0 Å². The van der Waals surface area contributed by atoms with Crippen LogP contribution in [0.2, 0.25) is 0 Å². The highest BCUT2D eigenvalue weighted by Crippen LogP contribution is 2.14. The number of carbonyl (C=O) groups excluding carboxylic acids is 2. The van der Waals surface area contributed by atoms with Crippen molar-refractivity contribution in [2.45, 2.75) is 141 Å². The minimum atomic E-state index is -0.641. The van der Waals surface area contributed by atoms with Gasteiger partial charge in [-0.05, 0) is 19.3 Å². The summed E-state index contributed by atoms with van der Waals surface area (Å²) >= 11 is 0. The quantitative estimate of drug-likeness (QED) is 0.0701. The standard InChI is InChI=1S/C27H54N4O3/c1-3-4-5-6-7-8-9-10-11-12-13-14-15-16-17-18-19-22-25(32)31-24(26(33)34-2)21-20-23-30-27(28)29/h24H,3-23H2,1-2H3,(H,31,32)(H4,28,29,30)/t24-/m0/s1. The lowest BCUT2D eigenvalue weighted by molar-refractivity contribution is -0.145. The number of nitrogens with one attached hydrogen (secondary N) is 1. The second kappa shape index (κ2) is 24.3. The molecular formula is C27H54N4O3. The Kier molecular flexibility index (Phi) is 23.1. The fourth-order valence-electron chi connectivity index (χ4n) is 4.17. The number of carbonyl (C=O) groups is 2. The molecule has 0 radical (unpaired) electrons. The predicted molar refractivity (Wildman–Crippen MR) is 143 cm³/mol. The molecule has 0 saturated heterocycles. The first kappa shape index (κ1) is 32.2. The van der Waals surface area contributed by atoms with Crippen molar-refractivity contribution in [1.29, 1.82) is 0 Å². The average molecular weight is 483 g/mol. The number of nitrogens with zero attached hydrogens (tertiary/aromatic N) is 1. The van der Waals surface area contributed by atoms with E-state index in [0.29, 0.717) is 25.8 Å². The van der Waals surface area contributed by atoms with Crippen molar-refractivity contribution in [2.75, 3.05) is 13.7 Å². The Morgan fingerprint density at radius 1 is 0.735 bits per heavy atom. The van der Waals surface area contributed by atoms with Crippen LogP contribution >= 0.6 is 0 Å². The molecule has 5 N–H and O–H groups in total. The first-order valence-corrected chi connectivity index (χ1v) is 13.9. The summed E-state index contributed by atoms with van der Waals surface area (Å²) in [4.78, 5) is 28.0. The molecule has 0 aliphatic heterocycles. The van der Waals surface area contributed by atoms with E-state index in [4.69, 9.17) is 16.2 Å². The molecule has 200 valence electrons. The van der Waals surface area contributed by atoms with Gasteiger partial charge >= 0.3 is 5.97 Å². The first-order chi connectivity index (χ1) is 16.5. The number of guanidine groups is 1. The van der Waals surface area contributed by atoms with Gasteiger partial charge in [-0.1, -0.05) is 110 Å². The van der Waals surface area contributed by atoms with E-state index in [2.05, 4.69) is 17.2 Å². The van der Waals surface area contributed by atoms with E-state index in [-0.39, 0.29) is 11.9 Å². The van der Waals surface area contributed by atoms with Gasteiger partial charge in [0.05, 0.1) is 7.11 Å². The van der Waals surface area contributed by atoms with Gasteiger partial charge in [-0.15, -0.1) is 0 Å². The Bertz CT molecular complexity index is 522. The van der Waals surface area contributed by atoms with Crippen molar-refractivity contribution in [3.8, 4) is 0 Å². The topological polar surface area (TPSA) is 120 Å². The number of methoxy groups -OCH3 is 1. The second-order valence-corrected chi connectivity index (χ2v) is 9.50. The molecule has 0 aliphatic carbocycles. The van der Waals surface area contributed by atoms with Gasteiger partial charge in [0.2, 0.25) is 5.91 Å². The van der Waals surface area contributed by atoms with E-state index in [1.165, 1.54) is 103 Å². The number of unbranched alkanes of at least 4 members (excludes halogenated alkanes) is 16. The molecular weight excluding hydrogens is 428 g/mol. The summed E-state index contributed by atoms with van der Waals surface area (Å²) in [7, 11) is 1.33. The number of hydrogen-bond acceptors (Lipinski definition) is 4. The summed E-state index contributed by atoms with van der Waals surface area (Å²) in [5, 5.41) is 2.79. The fourth-order valence-corrected chi connectivity index (χ4v) is 4.17. The molecule has 0 unspecified atom stereocenters. The molecule has 0 heterocycles. The number of rotatable bonds is 24. The average Bonchev–Trinajstić information content (AvgIpc) is 2.82. The third-order valence-corrected chi connectivity index (χ3v) is 6.27. The molecule has 0 aromatic carbocycles. The van der Waals surface area contributed by atoms with E-state index in [1.54, 1.807) is 0 Å². The second-order valence-electron chi connectivity index (χ2n) is 9.50. The Morgan fingerprint density at radius 2 is 1.18 bits per heavy atom. The van der Waals surface area contributed by atoms with Crippen molar-refractivity contribution < 1.29 is 14.3 Å². The van der Waals surface area contributed by atoms with Gasteiger partial charge < -0.3 is 21.5 Å². The van der Waals surface area contributed by atoms with Gasteiger partial charge in [0.1, 0.15) is 6.04 Å². The predicted octanol–water partition coefficient (Wildman–Crippen LogP) is 5.74. The smallest absolute Gasteiger partial charge is 0.328 e. The van der Waals surface area contributed by atoms with Crippen LogP contribution in [0.3, 0.4) is 0 Å². The Labute approximate surface area is 209 Å². The highest BCUT2D eigenvalue weighted by molar-refractivity contribution is 5.84. The van der Waals surface area contributed by atoms with Crippen molar-refractivity contribution in [2.24, 2.45) is 16.5 Å². The fraction of sp³-hybridized carbons (Fsp3) is 0.889. The van der Waals surface area contributed by atoms with Crippen molar-refractivity contribution >= 4 is 17.8 Å². The van der Waals surface area contributed by atoms with Crippen molar-refractivity contribution in [1.82, 2.24) is 5.32 Å². The largest absolute Gasteiger partial charge is 0.467 e. The van der Waals surface area contributed by atoms with Gasteiger partial charge in [0, 0.05) is 13.0 Å². The summed E-state index contributed by atoms with van der Waals surface area (Å²) in [5.74, 6) is -0.504. The van der Waals surface area contributed by atoms with E-state index >= 15 is 0 Å². The third kappa shape index (κ3) is 22.0. The maximum atomic E-state index is 12.2. The monoisotopic (exact) mass is 482 g/mol. The molecule has 0 saturated carbocycles. The molecule has 7 nitrogen and oxygen atoms in total. The molecule has 0 rings (SSSR count). The lowest BCUT2D eigenvalue weighted by atomic mass is 10.0. The lowest BCUT2D eigenvalue weighted by Crippen LogP contribution is -2.41. The van der Waals surface area contributed by atoms with Gasteiger partial charge in [-0.2, -0.15) is 0 Å². The normalized spacial score (nSPS) is 11.7. The van der Waals surface area contributed by atoms with Crippen molar-refractivity contribution in [3.05, 3.63) is 0 Å². The Hall–Kier alpha value is -1.79. The van der Waals surface area contributed by atoms with Crippen LogP contribution in [0.1, 0.15) is 135 Å². The van der Waals surface area contributed by atoms with E-state index in [0.717, 1.165) is 12.8 Å². The molecule has 0 fully saturated rings. The highest BCUT2D eigenvalue weighted by atomic mass is 16.5. The van der Waals surface area contributed by atoms with E-state index < -0.39 is 12.0 Å². The first-order valence-electron chi connectivity index (χ1n) is 13.9. The number of esters is 1. The third-order valence-electron chi connectivity index (χ3n) is 6.27. The maximum absolute atomic E-state index is 12.2. The highest BCUT2D eigenvalue weighted by Gasteiger charge is 2.20. The molecule has 1 atom stereocenters. The number of amides is 1. The van der Waals surface area contributed by atoms with Crippen LogP contribution in [0.5, 0.6) is 0 Å². The van der Waals surface area contributed by atoms with Crippen LogP contribution in [0.4, 0.5) is 0 Å². The molecule has 0 aromatic heterocycles. The molecule has 0 aliphatic rings. The summed E-state index contributed by atoms with van der Waals surface area (Å²) < 4.78 is 4.79. The van der Waals surface area contributed by atoms with Crippen LogP contribution < -0.4 is 16.8 Å². The zero-order valence-corrected chi connectivity index (χ0v) is 22.3. The van der Waals surface area contributed by atoms with Crippen LogP contribution in [0.25, 0.3) is 0 Å². The zero-order chi connectivity index (χ0) is 25.3. The summed E-state index contributed by atoms with van der Waals surface area (Å²) in [6.45, 7) is 2.69. The number of nitrogens with two attached hydrogens (primary N) is 2.